The zero-order chi connectivity index (χ0) is 14.0. The second-order valence-electron chi connectivity index (χ2n) is 4.26. The summed E-state index contributed by atoms with van der Waals surface area (Å²) in [5.41, 5.74) is 1.02. The summed E-state index contributed by atoms with van der Waals surface area (Å²) >= 11 is 4.39. The summed E-state index contributed by atoms with van der Waals surface area (Å²) in [5.74, 6) is -0.279. The van der Waals surface area contributed by atoms with E-state index >= 15 is 0 Å². The van der Waals surface area contributed by atoms with Gasteiger partial charge in [0.1, 0.15) is 0 Å². The normalized spacial score (nSPS) is 10.9. The van der Waals surface area contributed by atoms with E-state index in [4.69, 9.17) is 0 Å². The molecule has 2 N–H and O–H groups in total. The molecule has 2 heterocycles. The van der Waals surface area contributed by atoms with Crippen molar-refractivity contribution in [2.24, 2.45) is 0 Å². The molecule has 2 rings (SSSR count). The largest absolute Gasteiger partial charge is 0.345 e. The fourth-order valence-corrected chi connectivity index (χ4v) is 2.50. The third kappa shape index (κ3) is 3.32. The average molecular weight is 345 g/mol. The molecule has 102 valence electrons. The van der Waals surface area contributed by atoms with Gasteiger partial charge in [0.2, 0.25) is 0 Å². The summed E-state index contributed by atoms with van der Waals surface area (Å²) in [6.07, 6.45) is 1.77. The molecular weight excluding hydrogens is 332 g/mol. The topological polar surface area (TPSA) is 79.8 Å². The maximum atomic E-state index is 12.0. The van der Waals surface area contributed by atoms with Gasteiger partial charge in [-0.25, -0.2) is 0 Å². The highest BCUT2D eigenvalue weighted by Crippen LogP contribution is 2.17. The minimum atomic E-state index is -0.279. The molecular formula is C11H13BrN4O2S. The molecule has 0 aromatic carbocycles. The van der Waals surface area contributed by atoms with Gasteiger partial charge < -0.3 is 10.3 Å². The van der Waals surface area contributed by atoms with Gasteiger partial charge >= 0.3 is 4.87 Å². The molecule has 0 unspecified atom stereocenters. The van der Waals surface area contributed by atoms with Crippen LogP contribution >= 0.6 is 27.3 Å². The van der Waals surface area contributed by atoms with Crippen molar-refractivity contribution < 1.29 is 4.79 Å². The second-order valence-corrected chi connectivity index (χ2v) is 5.95. The fraction of sp³-hybridized carbons (Fsp3) is 0.364. The first kappa shape index (κ1) is 14.0. The smallest absolute Gasteiger partial charge is 0.304 e. The number of aromatic amines is 1. The maximum absolute atomic E-state index is 12.0. The van der Waals surface area contributed by atoms with Gasteiger partial charge in [0.15, 0.2) is 5.69 Å². The van der Waals surface area contributed by atoms with E-state index in [2.05, 4.69) is 31.3 Å². The Kier molecular flexibility index (Phi) is 4.20. The molecule has 2 aromatic rings. The van der Waals surface area contributed by atoms with Gasteiger partial charge in [0, 0.05) is 23.3 Å². The number of carbonyl (C=O) groups excluding carboxylic acids is 1. The number of hydrogen-bond acceptors (Lipinski definition) is 4. The van der Waals surface area contributed by atoms with Crippen molar-refractivity contribution in [3.8, 4) is 0 Å². The highest BCUT2D eigenvalue weighted by Gasteiger charge is 2.16. The number of hydrogen-bond donors (Lipinski definition) is 2. The Morgan fingerprint density at radius 2 is 2.37 bits per heavy atom. The van der Waals surface area contributed by atoms with Gasteiger partial charge in [-0.05, 0) is 29.8 Å². The molecule has 0 fully saturated rings. The van der Waals surface area contributed by atoms with E-state index in [1.165, 1.54) is 0 Å². The summed E-state index contributed by atoms with van der Waals surface area (Å²) in [6, 6.07) is 0.186. The summed E-state index contributed by atoms with van der Waals surface area (Å²) in [7, 11) is 0. The van der Waals surface area contributed by atoms with E-state index in [1.54, 1.807) is 16.3 Å². The van der Waals surface area contributed by atoms with Crippen molar-refractivity contribution in [3.63, 3.8) is 0 Å². The van der Waals surface area contributed by atoms with E-state index in [1.807, 2.05) is 13.8 Å². The van der Waals surface area contributed by atoms with Crippen LogP contribution in [-0.4, -0.2) is 20.7 Å². The lowest BCUT2D eigenvalue weighted by Crippen LogP contribution is -2.24. The molecule has 19 heavy (non-hydrogen) atoms. The number of carbonyl (C=O) groups is 1. The second kappa shape index (κ2) is 5.70. The van der Waals surface area contributed by atoms with Gasteiger partial charge in [0.05, 0.1) is 11.0 Å². The van der Waals surface area contributed by atoms with Crippen molar-refractivity contribution in [1.29, 1.82) is 0 Å². The van der Waals surface area contributed by atoms with Crippen molar-refractivity contribution in [2.45, 2.75) is 26.4 Å². The number of thiazole rings is 1. The minimum Gasteiger partial charge on any atom is -0.345 e. The van der Waals surface area contributed by atoms with Gasteiger partial charge in [-0.3, -0.25) is 14.3 Å². The average Bonchev–Trinajstić information content (AvgIpc) is 2.92. The third-order valence-corrected chi connectivity index (χ3v) is 3.74. The summed E-state index contributed by atoms with van der Waals surface area (Å²) in [5, 5.41) is 8.61. The first-order valence-electron chi connectivity index (χ1n) is 5.67. The molecule has 1 amide bonds. The molecule has 2 aromatic heterocycles. The predicted octanol–water partition coefficient (Wildman–Crippen LogP) is 1.91. The van der Waals surface area contributed by atoms with Crippen LogP contribution in [0.4, 0.5) is 0 Å². The Morgan fingerprint density at radius 1 is 1.63 bits per heavy atom. The molecule has 0 aliphatic rings. The minimum absolute atomic E-state index is 0.130. The van der Waals surface area contributed by atoms with E-state index in [0.717, 1.165) is 11.3 Å². The summed E-state index contributed by atoms with van der Waals surface area (Å²) < 4.78 is 2.36. The van der Waals surface area contributed by atoms with Crippen LogP contribution in [0.25, 0.3) is 0 Å². The molecule has 0 atom stereocenters. The molecule has 0 aliphatic carbocycles. The number of H-pyrrole nitrogens is 1. The first-order chi connectivity index (χ1) is 8.97. The number of halogens is 1. The van der Waals surface area contributed by atoms with E-state index in [-0.39, 0.29) is 23.4 Å². The summed E-state index contributed by atoms with van der Waals surface area (Å²) in [6.45, 7) is 4.24. The number of nitrogens with one attached hydrogen (secondary N) is 2. The third-order valence-electron chi connectivity index (χ3n) is 2.44. The molecule has 0 spiro atoms. The Hall–Kier alpha value is -1.41. The number of aromatic nitrogens is 3. The van der Waals surface area contributed by atoms with Crippen molar-refractivity contribution in [3.05, 3.63) is 37.1 Å². The van der Waals surface area contributed by atoms with Crippen LogP contribution in [0.2, 0.25) is 0 Å². The molecule has 0 saturated heterocycles. The fourth-order valence-electron chi connectivity index (χ4n) is 1.45. The van der Waals surface area contributed by atoms with Crippen molar-refractivity contribution in [1.82, 2.24) is 20.1 Å². The van der Waals surface area contributed by atoms with Crippen LogP contribution in [0.5, 0.6) is 0 Å². The van der Waals surface area contributed by atoms with Crippen LogP contribution < -0.4 is 10.2 Å². The van der Waals surface area contributed by atoms with E-state index < -0.39 is 0 Å². The van der Waals surface area contributed by atoms with Crippen molar-refractivity contribution >= 4 is 33.2 Å². The Morgan fingerprint density at radius 3 is 2.89 bits per heavy atom. The van der Waals surface area contributed by atoms with Crippen LogP contribution in [0, 0.1) is 0 Å². The Balaban J connectivity index is 2.05. The highest BCUT2D eigenvalue weighted by molar-refractivity contribution is 9.10. The van der Waals surface area contributed by atoms with Crippen LogP contribution in [0.3, 0.4) is 0 Å². The van der Waals surface area contributed by atoms with Gasteiger partial charge in [-0.2, -0.15) is 5.10 Å². The van der Waals surface area contributed by atoms with E-state index in [9.17, 15) is 9.59 Å². The Bertz CT molecular complexity index is 643. The molecule has 0 aliphatic heterocycles. The number of nitrogens with zero attached hydrogens (tertiary/aromatic N) is 2. The van der Waals surface area contributed by atoms with Crippen molar-refractivity contribution in [2.75, 3.05) is 0 Å². The lowest BCUT2D eigenvalue weighted by atomic mass is 10.4. The zero-order valence-electron chi connectivity index (χ0n) is 10.4. The highest BCUT2D eigenvalue weighted by atomic mass is 79.9. The number of rotatable bonds is 4. The molecule has 0 radical (unpaired) electrons. The van der Waals surface area contributed by atoms with Crippen LogP contribution in [0.15, 0.2) is 20.8 Å². The lowest BCUT2D eigenvalue weighted by Gasteiger charge is -2.04. The molecule has 6 nitrogen and oxygen atoms in total. The molecule has 8 heteroatoms. The van der Waals surface area contributed by atoms with Gasteiger partial charge in [-0.15, -0.1) is 0 Å². The monoisotopic (exact) mass is 344 g/mol. The van der Waals surface area contributed by atoms with Crippen LogP contribution in [0.1, 0.15) is 36.1 Å². The van der Waals surface area contributed by atoms with Crippen LogP contribution in [-0.2, 0) is 6.54 Å². The molecule has 0 bridgehead atoms. The molecule has 0 saturated carbocycles. The zero-order valence-corrected chi connectivity index (χ0v) is 12.8. The quantitative estimate of drug-likeness (QED) is 0.888. The maximum Gasteiger partial charge on any atom is 0.304 e. The first-order valence-corrected chi connectivity index (χ1v) is 7.34. The number of amides is 1. The van der Waals surface area contributed by atoms with E-state index in [0.29, 0.717) is 15.9 Å². The lowest BCUT2D eigenvalue weighted by molar-refractivity contribution is 0.0943. The predicted molar refractivity (Wildman–Crippen MR) is 76.4 cm³/mol. The Labute approximate surface area is 122 Å². The van der Waals surface area contributed by atoms with Gasteiger partial charge in [0.25, 0.3) is 5.91 Å². The standard InChI is InChI=1S/C11H13BrN4O2S/c1-6(2)16-4-8(12)9(15-16)10(17)13-3-7-5-19-11(18)14-7/h4-6H,3H2,1-2H3,(H,13,17)(H,14,18). The SMILES string of the molecule is CC(C)n1cc(Br)c(C(=O)NCc2csc(=O)[nH]2)n1. The summed E-state index contributed by atoms with van der Waals surface area (Å²) in [4.78, 5) is 25.4. The van der Waals surface area contributed by atoms with Gasteiger partial charge in [-0.1, -0.05) is 11.3 Å².